The van der Waals surface area contributed by atoms with Crippen LogP contribution in [0, 0.1) is 0 Å². The minimum Gasteiger partial charge on any atom is -0.507 e. The lowest BCUT2D eigenvalue weighted by Gasteiger charge is -2.03. The summed E-state index contributed by atoms with van der Waals surface area (Å²) in [6.45, 7) is 0.953. The quantitative estimate of drug-likeness (QED) is 0.840. The molecule has 0 unspecified atom stereocenters. The number of phenolic OH excluding ortho intramolecular Hbond substituents is 1. The third-order valence-corrected chi connectivity index (χ3v) is 2.83. The second kappa shape index (κ2) is 3.85. The maximum absolute atomic E-state index is 10.7. The number of carboxylic acids is 1. The summed E-state index contributed by atoms with van der Waals surface area (Å²) in [7, 11) is 0. The van der Waals surface area contributed by atoms with Crippen LogP contribution in [0.5, 0.6) is 5.75 Å². The minimum absolute atomic E-state index is 0.0319. The Morgan fingerprint density at radius 3 is 2.61 bits per heavy atom. The molecule has 1 aliphatic rings. The number of phenols is 1. The zero-order valence-corrected chi connectivity index (χ0v) is 9.21. The Hall–Kier alpha value is -2.34. The fourth-order valence-electron chi connectivity index (χ4n) is 1.92. The summed E-state index contributed by atoms with van der Waals surface area (Å²) in [4.78, 5) is 10.7. The predicted molar refractivity (Wildman–Crippen MR) is 59.1 cm³/mol. The van der Waals surface area contributed by atoms with Gasteiger partial charge in [-0.3, -0.25) is 0 Å². The smallest absolute Gasteiger partial charge is 0.374 e. The molecule has 0 spiro atoms. The van der Waals surface area contributed by atoms with Crippen molar-refractivity contribution in [2.45, 2.75) is 13.2 Å². The zero-order valence-electron chi connectivity index (χ0n) is 9.21. The molecule has 6 heteroatoms. The van der Waals surface area contributed by atoms with Crippen LogP contribution in [0.1, 0.15) is 21.7 Å². The van der Waals surface area contributed by atoms with Gasteiger partial charge >= 0.3 is 5.97 Å². The van der Waals surface area contributed by atoms with Gasteiger partial charge in [0.05, 0.1) is 13.2 Å². The molecule has 1 aromatic heterocycles. The van der Waals surface area contributed by atoms with Crippen LogP contribution in [0.15, 0.2) is 22.7 Å². The molecular weight excluding hydrogens is 238 g/mol. The Balaban J connectivity index is 2.08. The number of carbonyl (C=O) groups is 1. The van der Waals surface area contributed by atoms with Crippen LogP contribution in [-0.2, 0) is 18.0 Å². The number of rotatable bonds is 2. The Morgan fingerprint density at radius 2 is 1.94 bits per heavy atom. The monoisotopic (exact) mass is 247 g/mol. The Kier molecular flexibility index (Phi) is 2.31. The number of fused-ring (bicyclic) bond motifs is 1. The molecule has 1 aromatic carbocycles. The SMILES string of the molecule is O=C(O)c1cc(-c2cc3c(cc2O)COC3)no1. The molecule has 6 nitrogen and oxygen atoms in total. The van der Waals surface area contributed by atoms with Gasteiger partial charge in [-0.25, -0.2) is 4.79 Å². The lowest BCUT2D eigenvalue weighted by atomic mass is 10.0. The lowest BCUT2D eigenvalue weighted by molar-refractivity contribution is 0.0652. The molecule has 0 bridgehead atoms. The van der Waals surface area contributed by atoms with Gasteiger partial charge in [0, 0.05) is 11.6 Å². The number of hydrogen-bond donors (Lipinski definition) is 2. The van der Waals surface area contributed by atoms with Crippen LogP contribution in [0.4, 0.5) is 0 Å². The predicted octanol–water partition coefficient (Wildman–Crippen LogP) is 1.78. The summed E-state index contributed by atoms with van der Waals surface area (Å²) in [6.07, 6.45) is 0. The lowest BCUT2D eigenvalue weighted by Crippen LogP contribution is -1.91. The zero-order chi connectivity index (χ0) is 12.7. The molecule has 0 radical (unpaired) electrons. The van der Waals surface area contributed by atoms with Gasteiger partial charge in [-0.15, -0.1) is 0 Å². The number of nitrogens with zero attached hydrogens (tertiary/aromatic N) is 1. The normalized spacial score (nSPS) is 13.6. The molecule has 18 heavy (non-hydrogen) atoms. The molecule has 92 valence electrons. The summed E-state index contributed by atoms with van der Waals surface area (Å²) in [5, 5.41) is 22.3. The van der Waals surface area contributed by atoms with Gasteiger partial charge in [-0.2, -0.15) is 0 Å². The molecule has 1 aliphatic heterocycles. The van der Waals surface area contributed by atoms with Crippen molar-refractivity contribution in [2.75, 3.05) is 0 Å². The average Bonchev–Trinajstić information content (AvgIpc) is 2.94. The summed E-state index contributed by atoms with van der Waals surface area (Å²) in [5.74, 6) is -1.43. The Bertz CT molecular complexity index is 631. The molecular formula is C12H9NO5. The Labute approximate surface area is 101 Å². The van der Waals surface area contributed by atoms with E-state index in [-0.39, 0.29) is 11.5 Å². The molecule has 0 saturated carbocycles. The van der Waals surface area contributed by atoms with Crippen LogP contribution >= 0.6 is 0 Å². The molecule has 2 heterocycles. The first-order chi connectivity index (χ1) is 8.65. The summed E-state index contributed by atoms with van der Waals surface area (Å²) >= 11 is 0. The van der Waals surface area contributed by atoms with Crippen LogP contribution in [0.2, 0.25) is 0 Å². The van der Waals surface area contributed by atoms with Crippen molar-refractivity contribution in [2.24, 2.45) is 0 Å². The van der Waals surface area contributed by atoms with E-state index >= 15 is 0 Å². The van der Waals surface area contributed by atoms with Crippen molar-refractivity contribution >= 4 is 5.97 Å². The van der Waals surface area contributed by atoms with Gasteiger partial charge in [-0.05, 0) is 23.3 Å². The van der Waals surface area contributed by atoms with Crippen molar-refractivity contribution in [3.63, 3.8) is 0 Å². The highest BCUT2D eigenvalue weighted by Crippen LogP contribution is 2.34. The molecule has 0 amide bonds. The molecule has 0 saturated heterocycles. The third-order valence-electron chi connectivity index (χ3n) is 2.83. The number of hydrogen-bond acceptors (Lipinski definition) is 5. The highest BCUT2D eigenvalue weighted by atomic mass is 16.5. The van der Waals surface area contributed by atoms with Gasteiger partial charge in [0.1, 0.15) is 11.4 Å². The van der Waals surface area contributed by atoms with Gasteiger partial charge in [-0.1, -0.05) is 5.16 Å². The van der Waals surface area contributed by atoms with Crippen LogP contribution in [-0.4, -0.2) is 21.3 Å². The van der Waals surface area contributed by atoms with E-state index in [0.717, 1.165) is 11.1 Å². The highest BCUT2D eigenvalue weighted by molar-refractivity contribution is 5.86. The van der Waals surface area contributed by atoms with Crippen LogP contribution in [0.3, 0.4) is 0 Å². The fraction of sp³-hybridized carbons (Fsp3) is 0.167. The van der Waals surface area contributed by atoms with Gasteiger partial charge in [0.15, 0.2) is 0 Å². The molecule has 0 fully saturated rings. The van der Waals surface area contributed by atoms with Gasteiger partial charge < -0.3 is 19.5 Å². The number of aromatic hydroxyl groups is 1. The van der Waals surface area contributed by atoms with E-state index in [1.807, 2.05) is 0 Å². The van der Waals surface area contributed by atoms with E-state index in [2.05, 4.69) is 9.68 Å². The van der Waals surface area contributed by atoms with Crippen LogP contribution < -0.4 is 0 Å². The second-order valence-electron chi connectivity index (χ2n) is 4.01. The first-order valence-corrected chi connectivity index (χ1v) is 5.28. The number of carboxylic acid groups (broad SMARTS) is 1. The van der Waals surface area contributed by atoms with Gasteiger partial charge in [0.2, 0.25) is 5.76 Å². The summed E-state index contributed by atoms with van der Waals surface area (Å²) in [5.41, 5.74) is 2.62. The van der Waals surface area contributed by atoms with Crippen molar-refractivity contribution in [3.05, 3.63) is 35.1 Å². The molecule has 0 aliphatic carbocycles. The molecule has 0 atom stereocenters. The third kappa shape index (κ3) is 1.63. The summed E-state index contributed by atoms with van der Waals surface area (Å²) < 4.78 is 9.92. The topological polar surface area (TPSA) is 92.8 Å². The standard InChI is InChI=1S/C12H9NO5/c14-10-2-7-5-17-4-6(7)1-8(10)9-3-11(12(15)16)18-13-9/h1-3,14H,4-5H2,(H,15,16). The summed E-state index contributed by atoms with van der Waals surface area (Å²) in [6, 6.07) is 4.62. The largest absolute Gasteiger partial charge is 0.507 e. The minimum atomic E-state index is -1.20. The van der Waals surface area contributed by atoms with E-state index in [1.54, 1.807) is 12.1 Å². The Morgan fingerprint density at radius 1 is 1.22 bits per heavy atom. The van der Waals surface area contributed by atoms with Gasteiger partial charge in [0.25, 0.3) is 0 Å². The maximum atomic E-state index is 10.7. The van der Waals surface area contributed by atoms with E-state index in [9.17, 15) is 9.90 Å². The molecule has 2 N–H and O–H groups in total. The first-order valence-electron chi connectivity index (χ1n) is 5.28. The molecule has 3 rings (SSSR count). The van der Waals surface area contributed by atoms with Crippen molar-refractivity contribution in [1.29, 1.82) is 0 Å². The average molecular weight is 247 g/mol. The number of aromatic nitrogens is 1. The second-order valence-corrected chi connectivity index (χ2v) is 4.01. The molecule has 2 aromatic rings. The van der Waals surface area contributed by atoms with E-state index in [0.29, 0.717) is 24.5 Å². The van der Waals surface area contributed by atoms with Crippen LogP contribution in [0.25, 0.3) is 11.3 Å². The number of aromatic carboxylic acids is 1. The van der Waals surface area contributed by atoms with Crippen molar-refractivity contribution in [1.82, 2.24) is 5.16 Å². The number of ether oxygens (including phenoxy) is 1. The first kappa shape index (κ1) is 10.8. The van der Waals surface area contributed by atoms with E-state index in [1.165, 1.54) is 6.07 Å². The van der Waals surface area contributed by atoms with E-state index in [4.69, 9.17) is 9.84 Å². The van der Waals surface area contributed by atoms with Crippen molar-refractivity contribution in [3.8, 4) is 17.0 Å². The fourth-order valence-corrected chi connectivity index (χ4v) is 1.92. The highest BCUT2D eigenvalue weighted by Gasteiger charge is 2.19. The van der Waals surface area contributed by atoms with E-state index < -0.39 is 5.97 Å². The maximum Gasteiger partial charge on any atom is 0.374 e. The number of benzene rings is 1. The van der Waals surface area contributed by atoms with Crippen molar-refractivity contribution < 1.29 is 24.3 Å².